The smallest absolute Gasteiger partial charge is 0.313 e. The summed E-state index contributed by atoms with van der Waals surface area (Å²) in [6, 6.07) is 0. The van der Waals surface area contributed by atoms with Crippen molar-refractivity contribution in [2.24, 2.45) is 5.92 Å². The highest BCUT2D eigenvalue weighted by molar-refractivity contribution is 5.98. The van der Waals surface area contributed by atoms with Crippen LogP contribution in [-0.4, -0.2) is 29.9 Å². The number of Topliss-reactive ketones (excluding diaryl/α,β-unsaturated/α-hetero) is 1. The van der Waals surface area contributed by atoms with Crippen molar-refractivity contribution in [1.82, 2.24) is 5.32 Å². The van der Waals surface area contributed by atoms with Crippen molar-refractivity contribution in [1.29, 1.82) is 0 Å². The van der Waals surface area contributed by atoms with E-state index in [4.69, 9.17) is 5.11 Å². The molecule has 0 aromatic rings. The first-order valence-electron chi connectivity index (χ1n) is 3.55. The maximum Gasteiger partial charge on any atom is 0.313 e. The van der Waals surface area contributed by atoms with Crippen molar-refractivity contribution in [3.8, 4) is 0 Å². The molecule has 0 bridgehead atoms. The summed E-state index contributed by atoms with van der Waals surface area (Å²) < 4.78 is 0. The predicted octanol–water partition coefficient (Wildman–Crippen LogP) is -0.114. The molecule has 0 aromatic carbocycles. The summed E-state index contributed by atoms with van der Waals surface area (Å²) in [4.78, 5) is 21.2. The predicted molar refractivity (Wildman–Crippen MR) is 40.4 cm³/mol. The molecular formula is C7H13NO3. The third-order valence-electron chi connectivity index (χ3n) is 1.40. The fourth-order valence-electron chi connectivity index (χ4n) is 0.539. The van der Waals surface area contributed by atoms with Gasteiger partial charge in [-0.2, -0.15) is 0 Å². The van der Waals surface area contributed by atoms with E-state index in [9.17, 15) is 9.59 Å². The van der Waals surface area contributed by atoms with Crippen LogP contribution in [0.1, 0.15) is 13.8 Å². The molecule has 0 radical (unpaired) electrons. The molecule has 0 heterocycles. The van der Waals surface area contributed by atoms with E-state index in [1.807, 2.05) is 6.92 Å². The Hall–Kier alpha value is -0.900. The van der Waals surface area contributed by atoms with Gasteiger partial charge in [0.2, 0.25) is 0 Å². The lowest BCUT2D eigenvalue weighted by atomic mass is 10.1. The lowest BCUT2D eigenvalue weighted by Gasteiger charge is -2.04. The minimum absolute atomic E-state index is 0.143. The highest BCUT2D eigenvalue weighted by atomic mass is 16.4. The summed E-state index contributed by atoms with van der Waals surface area (Å²) in [6.07, 6.45) is 0. The Balaban J connectivity index is 3.74. The number of ketones is 1. The number of carbonyl (C=O) groups is 2. The summed E-state index contributed by atoms with van der Waals surface area (Å²) in [5.74, 6) is -2.23. The van der Waals surface area contributed by atoms with Crippen molar-refractivity contribution in [2.75, 3.05) is 13.1 Å². The normalized spacial score (nSPS) is 12.5. The molecule has 0 aliphatic rings. The molecule has 0 spiro atoms. The van der Waals surface area contributed by atoms with E-state index in [-0.39, 0.29) is 12.3 Å². The average molecular weight is 159 g/mol. The summed E-state index contributed by atoms with van der Waals surface area (Å²) in [5.41, 5.74) is 0. The molecule has 0 aliphatic heterocycles. The van der Waals surface area contributed by atoms with E-state index >= 15 is 0 Å². The second-order valence-corrected chi connectivity index (χ2v) is 2.31. The molecule has 2 N–H and O–H groups in total. The largest absolute Gasteiger partial charge is 0.481 e. The quantitative estimate of drug-likeness (QED) is 0.549. The molecule has 0 rings (SSSR count). The molecular weight excluding hydrogens is 146 g/mol. The van der Waals surface area contributed by atoms with Gasteiger partial charge in [-0.05, 0) is 13.5 Å². The Kier molecular flexibility index (Phi) is 4.45. The van der Waals surface area contributed by atoms with Crippen LogP contribution in [0.2, 0.25) is 0 Å². The van der Waals surface area contributed by atoms with Crippen molar-refractivity contribution in [3.05, 3.63) is 0 Å². The third kappa shape index (κ3) is 3.72. The van der Waals surface area contributed by atoms with Crippen LogP contribution >= 0.6 is 0 Å². The van der Waals surface area contributed by atoms with Gasteiger partial charge in [-0.1, -0.05) is 6.92 Å². The van der Waals surface area contributed by atoms with E-state index in [1.165, 1.54) is 6.92 Å². The second kappa shape index (κ2) is 4.85. The third-order valence-corrected chi connectivity index (χ3v) is 1.40. The molecule has 1 unspecified atom stereocenters. The number of hydrogen-bond donors (Lipinski definition) is 2. The van der Waals surface area contributed by atoms with Gasteiger partial charge in [0.1, 0.15) is 5.92 Å². The Morgan fingerprint density at radius 3 is 2.45 bits per heavy atom. The molecule has 0 aromatic heterocycles. The van der Waals surface area contributed by atoms with Gasteiger partial charge in [0.15, 0.2) is 5.78 Å². The van der Waals surface area contributed by atoms with Crippen molar-refractivity contribution >= 4 is 11.8 Å². The first-order chi connectivity index (χ1) is 5.09. The molecule has 0 saturated heterocycles. The van der Waals surface area contributed by atoms with E-state index in [0.717, 1.165) is 0 Å². The van der Waals surface area contributed by atoms with Gasteiger partial charge in [-0.25, -0.2) is 0 Å². The van der Waals surface area contributed by atoms with Crippen LogP contribution in [0.3, 0.4) is 0 Å². The van der Waals surface area contributed by atoms with Gasteiger partial charge in [0.05, 0.1) is 6.54 Å². The Morgan fingerprint density at radius 2 is 2.09 bits per heavy atom. The van der Waals surface area contributed by atoms with Crippen molar-refractivity contribution < 1.29 is 14.7 Å². The lowest BCUT2D eigenvalue weighted by molar-refractivity contribution is -0.145. The fourth-order valence-corrected chi connectivity index (χ4v) is 0.539. The summed E-state index contributed by atoms with van der Waals surface area (Å²) in [7, 11) is 0. The summed E-state index contributed by atoms with van der Waals surface area (Å²) in [6.45, 7) is 4.07. The SMILES string of the molecule is CCNCC(=O)C(C)C(=O)O. The first kappa shape index (κ1) is 10.1. The van der Waals surface area contributed by atoms with Gasteiger partial charge in [-0.3, -0.25) is 9.59 Å². The van der Waals surface area contributed by atoms with Gasteiger partial charge in [0.25, 0.3) is 0 Å². The number of likely N-dealkylation sites (N-methyl/N-ethyl adjacent to an activating group) is 1. The van der Waals surface area contributed by atoms with Gasteiger partial charge in [0, 0.05) is 0 Å². The zero-order valence-electron chi connectivity index (χ0n) is 6.76. The zero-order chi connectivity index (χ0) is 8.85. The number of carboxylic acids is 1. The second-order valence-electron chi connectivity index (χ2n) is 2.31. The van der Waals surface area contributed by atoms with E-state index in [0.29, 0.717) is 6.54 Å². The number of carboxylic acid groups (broad SMARTS) is 1. The molecule has 0 aliphatic carbocycles. The van der Waals surface area contributed by atoms with E-state index in [1.54, 1.807) is 0 Å². The van der Waals surface area contributed by atoms with Crippen LogP contribution in [0.5, 0.6) is 0 Å². The Labute approximate surface area is 65.6 Å². The zero-order valence-corrected chi connectivity index (χ0v) is 6.76. The molecule has 4 heteroatoms. The maximum absolute atomic E-state index is 10.9. The van der Waals surface area contributed by atoms with Crippen molar-refractivity contribution in [2.45, 2.75) is 13.8 Å². The minimum atomic E-state index is -1.06. The molecule has 0 fully saturated rings. The van der Waals surface area contributed by atoms with Crippen molar-refractivity contribution in [3.63, 3.8) is 0 Å². The number of carbonyl (C=O) groups excluding carboxylic acids is 1. The van der Waals surface area contributed by atoms with Crippen LogP contribution < -0.4 is 5.32 Å². The topological polar surface area (TPSA) is 66.4 Å². The first-order valence-corrected chi connectivity index (χ1v) is 3.55. The molecule has 1 atom stereocenters. The molecule has 0 saturated carbocycles. The highest BCUT2D eigenvalue weighted by Gasteiger charge is 2.18. The maximum atomic E-state index is 10.9. The highest BCUT2D eigenvalue weighted by Crippen LogP contribution is 1.94. The van der Waals surface area contributed by atoms with Gasteiger partial charge < -0.3 is 10.4 Å². The van der Waals surface area contributed by atoms with Crippen LogP contribution in [0.15, 0.2) is 0 Å². The monoisotopic (exact) mass is 159 g/mol. The lowest BCUT2D eigenvalue weighted by Crippen LogP contribution is -2.30. The molecule has 64 valence electrons. The van der Waals surface area contributed by atoms with Gasteiger partial charge >= 0.3 is 5.97 Å². The van der Waals surface area contributed by atoms with E-state index < -0.39 is 11.9 Å². The van der Waals surface area contributed by atoms with Crippen LogP contribution in [0.25, 0.3) is 0 Å². The Morgan fingerprint density at radius 1 is 1.55 bits per heavy atom. The van der Waals surface area contributed by atoms with Crippen LogP contribution in [0, 0.1) is 5.92 Å². The van der Waals surface area contributed by atoms with Crippen LogP contribution in [-0.2, 0) is 9.59 Å². The standard InChI is InChI=1S/C7H13NO3/c1-3-8-4-6(9)5(2)7(10)11/h5,8H,3-4H2,1-2H3,(H,10,11). The molecule has 11 heavy (non-hydrogen) atoms. The fraction of sp³-hybridized carbons (Fsp3) is 0.714. The summed E-state index contributed by atoms with van der Waals surface area (Å²) in [5, 5.41) is 11.2. The Bertz CT molecular complexity index is 156. The number of aliphatic carboxylic acids is 1. The minimum Gasteiger partial charge on any atom is -0.481 e. The number of nitrogens with one attached hydrogen (secondary N) is 1. The number of hydrogen-bond acceptors (Lipinski definition) is 3. The number of rotatable bonds is 5. The van der Waals surface area contributed by atoms with Crippen LogP contribution in [0.4, 0.5) is 0 Å². The van der Waals surface area contributed by atoms with Gasteiger partial charge in [-0.15, -0.1) is 0 Å². The summed E-state index contributed by atoms with van der Waals surface area (Å²) >= 11 is 0. The molecule has 4 nitrogen and oxygen atoms in total. The molecule has 0 amide bonds. The van der Waals surface area contributed by atoms with E-state index in [2.05, 4.69) is 5.32 Å². The average Bonchev–Trinajstić information content (AvgIpc) is 1.98.